The van der Waals surface area contributed by atoms with Gasteiger partial charge in [0.1, 0.15) is 0 Å². The Morgan fingerprint density at radius 1 is 1.21 bits per heavy atom. The molecule has 0 radical (unpaired) electrons. The molecule has 0 unspecified atom stereocenters. The van der Waals surface area contributed by atoms with Gasteiger partial charge in [-0.15, -0.1) is 0 Å². The second kappa shape index (κ2) is 11.8. The molecule has 2 heterocycles. The second-order valence-electron chi connectivity index (χ2n) is 8.18. The Kier molecular flexibility index (Phi) is 8.81. The van der Waals surface area contributed by atoms with Crippen molar-refractivity contribution in [1.29, 1.82) is 0 Å². The van der Waals surface area contributed by atoms with Crippen LogP contribution in [0.15, 0.2) is 24.4 Å². The molecule has 1 aromatic heterocycles. The molecule has 1 fully saturated rings. The molecule has 2 aliphatic rings. The molecular formula is C23H36N4O2. The summed E-state index contributed by atoms with van der Waals surface area (Å²) in [5.74, 6) is 3.42. The van der Waals surface area contributed by atoms with Crippen LogP contribution in [0.2, 0.25) is 0 Å². The maximum Gasteiger partial charge on any atom is 0.223 e. The van der Waals surface area contributed by atoms with Crippen molar-refractivity contribution in [2.24, 2.45) is 11.8 Å². The predicted molar refractivity (Wildman–Crippen MR) is 117 cm³/mol. The lowest BCUT2D eigenvalue weighted by Gasteiger charge is -2.28. The van der Waals surface area contributed by atoms with Gasteiger partial charge >= 0.3 is 0 Å². The zero-order valence-corrected chi connectivity index (χ0v) is 17.7. The third-order valence-electron chi connectivity index (χ3n) is 6.02. The van der Waals surface area contributed by atoms with Crippen molar-refractivity contribution in [3.05, 3.63) is 30.0 Å². The fourth-order valence-corrected chi connectivity index (χ4v) is 4.22. The van der Waals surface area contributed by atoms with Gasteiger partial charge < -0.3 is 20.7 Å². The minimum Gasteiger partial charge on any atom is -0.489 e. The number of aromatic nitrogens is 1. The van der Waals surface area contributed by atoms with E-state index in [9.17, 15) is 4.79 Å². The number of rotatable bonds is 11. The van der Waals surface area contributed by atoms with Crippen molar-refractivity contribution in [1.82, 2.24) is 15.6 Å². The van der Waals surface area contributed by atoms with Gasteiger partial charge in [0, 0.05) is 44.2 Å². The van der Waals surface area contributed by atoms with E-state index >= 15 is 0 Å². The molecule has 3 rings (SSSR count). The first kappa shape index (κ1) is 21.6. The van der Waals surface area contributed by atoms with Crippen molar-refractivity contribution >= 4 is 11.7 Å². The van der Waals surface area contributed by atoms with Crippen molar-refractivity contribution in [2.75, 3.05) is 38.1 Å². The number of nitrogens with one attached hydrogen (secondary N) is 3. The van der Waals surface area contributed by atoms with Crippen LogP contribution >= 0.6 is 0 Å². The molecule has 1 aromatic rings. The minimum atomic E-state index is 0.144. The van der Waals surface area contributed by atoms with E-state index in [-0.39, 0.29) is 5.91 Å². The van der Waals surface area contributed by atoms with Crippen LogP contribution in [0, 0.1) is 11.8 Å². The van der Waals surface area contributed by atoms with Crippen LogP contribution in [0.5, 0.6) is 5.75 Å². The number of amides is 1. The Labute approximate surface area is 174 Å². The number of carbonyl (C=O) groups is 1. The van der Waals surface area contributed by atoms with E-state index in [4.69, 9.17) is 4.74 Å². The van der Waals surface area contributed by atoms with Gasteiger partial charge in [-0.2, -0.15) is 0 Å². The van der Waals surface area contributed by atoms with E-state index in [1.807, 2.05) is 31.3 Å². The van der Waals surface area contributed by atoms with Gasteiger partial charge in [0.05, 0.1) is 6.61 Å². The number of hydrogen-bond acceptors (Lipinski definition) is 5. The third kappa shape index (κ3) is 7.03. The Morgan fingerprint density at radius 3 is 2.86 bits per heavy atom. The maximum atomic E-state index is 11.7. The van der Waals surface area contributed by atoms with E-state index in [2.05, 4.69) is 20.9 Å². The number of carbonyl (C=O) groups excluding carboxylic acids is 1. The zero-order valence-electron chi connectivity index (χ0n) is 17.7. The molecule has 29 heavy (non-hydrogen) atoms. The largest absolute Gasteiger partial charge is 0.489 e. The first-order valence-electron chi connectivity index (χ1n) is 11.2. The SMILES string of the molecule is C/C=C/CC(=O)NCC1CCC(CCNCCNc2nccc3c2OCC3)CC1. The summed E-state index contributed by atoms with van der Waals surface area (Å²) in [5, 5.41) is 10.0. The number of nitrogens with zero attached hydrogens (tertiary/aromatic N) is 1. The molecule has 0 atom stereocenters. The monoisotopic (exact) mass is 400 g/mol. The molecule has 160 valence electrons. The molecule has 0 aromatic carbocycles. The highest BCUT2D eigenvalue weighted by Crippen LogP contribution is 2.31. The van der Waals surface area contributed by atoms with Crippen molar-refractivity contribution in [2.45, 2.75) is 51.9 Å². The number of ether oxygens (including phenoxy) is 1. The highest BCUT2D eigenvalue weighted by molar-refractivity contribution is 5.77. The molecular weight excluding hydrogens is 364 g/mol. The highest BCUT2D eigenvalue weighted by Gasteiger charge is 2.21. The van der Waals surface area contributed by atoms with Crippen LogP contribution < -0.4 is 20.7 Å². The Bertz CT molecular complexity index is 669. The average Bonchev–Trinajstić information content (AvgIpc) is 3.23. The van der Waals surface area contributed by atoms with Gasteiger partial charge in [-0.05, 0) is 50.6 Å². The molecule has 1 aliphatic carbocycles. The fourth-order valence-electron chi connectivity index (χ4n) is 4.22. The summed E-state index contributed by atoms with van der Waals surface area (Å²) in [6, 6.07) is 2.04. The summed E-state index contributed by atoms with van der Waals surface area (Å²) >= 11 is 0. The number of pyridine rings is 1. The lowest BCUT2D eigenvalue weighted by atomic mass is 9.80. The molecule has 6 heteroatoms. The van der Waals surface area contributed by atoms with Crippen LogP contribution in [-0.2, 0) is 11.2 Å². The molecule has 3 N–H and O–H groups in total. The molecule has 0 saturated heterocycles. The fraction of sp³-hybridized carbons (Fsp3) is 0.652. The van der Waals surface area contributed by atoms with Crippen molar-refractivity contribution in [3.63, 3.8) is 0 Å². The summed E-state index contributed by atoms with van der Waals surface area (Å²) < 4.78 is 5.67. The van der Waals surface area contributed by atoms with Gasteiger partial charge in [0.25, 0.3) is 0 Å². The number of anilines is 1. The standard InChI is InChI=1S/C23H36N4O2/c1-2-3-4-21(28)27-17-19-7-5-18(6-8-19)9-12-24-14-15-26-23-22-20(10-13-25-23)11-16-29-22/h2-3,10,13,18-19,24H,4-9,11-12,14-17H2,1H3,(H,25,26)(H,27,28)/b3-2+. The van der Waals surface area contributed by atoms with E-state index in [1.54, 1.807) is 0 Å². The number of fused-ring (bicyclic) bond motifs is 1. The van der Waals surface area contributed by atoms with Crippen LogP contribution in [0.1, 0.15) is 51.0 Å². The Balaban J connectivity index is 1.21. The topological polar surface area (TPSA) is 75.3 Å². The Hall–Kier alpha value is -2.08. The first-order valence-corrected chi connectivity index (χ1v) is 11.2. The lowest BCUT2D eigenvalue weighted by molar-refractivity contribution is -0.120. The summed E-state index contributed by atoms with van der Waals surface area (Å²) in [4.78, 5) is 16.1. The Morgan fingerprint density at radius 2 is 2.03 bits per heavy atom. The molecule has 1 saturated carbocycles. The van der Waals surface area contributed by atoms with Gasteiger partial charge in [0.15, 0.2) is 11.6 Å². The van der Waals surface area contributed by atoms with Crippen LogP contribution in [-0.4, -0.2) is 43.7 Å². The van der Waals surface area contributed by atoms with E-state index in [0.29, 0.717) is 12.3 Å². The van der Waals surface area contributed by atoms with Crippen molar-refractivity contribution in [3.8, 4) is 5.75 Å². The van der Waals surface area contributed by atoms with E-state index in [0.717, 1.165) is 56.7 Å². The molecule has 1 aliphatic heterocycles. The van der Waals surface area contributed by atoms with Gasteiger partial charge in [-0.1, -0.05) is 25.0 Å². The maximum absolute atomic E-state index is 11.7. The van der Waals surface area contributed by atoms with Gasteiger partial charge in [-0.25, -0.2) is 4.98 Å². The highest BCUT2D eigenvalue weighted by atomic mass is 16.5. The summed E-state index contributed by atoms with van der Waals surface area (Å²) in [6.07, 6.45) is 13.5. The summed E-state index contributed by atoms with van der Waals surface area (Å²) in [5.41, 5.74) is 1.25. The van der Waals surface area contributed by atoms with Crippen LogP contribution in [0.3, 0.4) is 0 Å². The van der Waals surface area contributed by atoms with Crippen LogP contribution in [0.4, 0.5) is 5.82 Å². The van der Waals surface area contributed by atoms with Gasteiger partial charge in [0.2, 0.25) is 5.91 Å². The quantitative estimate of drug-likeness (QED) is 0.393. The average molecular weight is 401 g/mol. The zero-order chi connectivity index (χ0) is 20.3. The minimum absolute atomic E-state index is 0.144. The normalized spacial score (nSPS) is 21.0. The summed E-state index contributed by atoms with van der Waals surface area (Å²) in [6.45, 7) is 6.40. The molecule has 0 spiro atoms. The van der Waals surface area contributed by atoms with Crippen molar-refractivity contribution < 1.29 is 9.53 Å². The number of hydrogen-bond donors (Lipinski definition) is 3. The molecule has 6 nitrogen and oxygen atoms in total. The summed E-state index contributed by atoms with van der Waals surface area (Å²) in [7, 11) is 0. The van der Waals surface area contributed by atoms with Crippen LogP contribution in [0.25, 0.3) is 0 Å². The second-order valence-corrected chi connectivity index (χ2v) is 8.18. The predicted octanol–water partition coefficient (Wildman–Crippen LogP) is 3.30. The van der Waals surface area contributed by atoms with E-state index < -0.39 is 0 Å². The molecule has 0 bridgehead atoms. The number of allylic oxidation sites excluding steroid dienone is 1. The lowest BCUT2D eigenvalue weighted by Crippen LogP contribution is -2.31. The third-order valence-corrected chi connectivity index (χ3v) is 6.02. The molecule has 1 amide bonds. The smallest absolute Gasteiger partial charge is 0.223 e. The first-order chi connectivity index (χ1) is 14.3. The van der Waals surface area contributed by atoms with Gasteiger partial charge in [-0.3, -0.25) is 4.79 Å². The van der Waals surface area contributed by atoms with E-state index in [1.165, 1.54) is 37.7 Å².